The van der Waals surface area contributed by atoms with Gasteiger partial charge < -0.3 is 10.5 Å². The Kier molecular flexibility index (Phi) is 4.22. The molecule has 3 nitrogen and oxygen atoms in total. The lowest BCUT2D eigenvalue weighted by molar-refractivity contribution is 0.410. The third-order valence-corrected chi connectivity index (χ3v) is 4.42. The molecule has 1 atom stereocenters. The van der Waals surface area contributed by atoms with Crippen LogP contribution in [-0.2, 0) is 6.42 Å². The first-order valence-corrected chi connectivity index (χ1v) is 7.16. The molecular weight excluding hydrogens is 256 g/mol. The summed E-state index contributed by atoms with van der Waals surface area (Å²) in [6.07, 6.45) is 0.769. The number of thiazole rings is 1. The SMILES string of the molecule is COc1cc(C(N)Cc2nc(C)c(C)s2)ccc1C. The Morgan fingerprint density at radius 3 is 2.63 bits per heavy atom. The second kappa shape index (κ2) is 5.72. The van der Waals surface area contributed by atoms with Crippen molar-refractivity contribution < 1.29 is 4.74 Å². The number of benzene rings is 1. The van der Waals surface area contributed by atoms with E-state index in [4.69, 9.17) is 10.5 Å². The van der Waals surface area contributed by atoms with Crippen molar-refractivity contribution in [3.8, 4) is 5.75 Å². The fourth-order valence-electron chi connectivity index (χ4n) is 2.00. The molecule has 4 heteroatoms. The lowest BCUT2D eigenvalue weighted by atomic mass is 10.0. The lowest BCUT2D eigenvalue weighted by Gasteiger charge is -2.13. The fraction of sp³-hybridized carbons (Fsp3) is 0.400. The van der Waals surface area contributed by atoms with Crippen molar-refractivity contribution in [3.05, 3.63) is 44.9 Å². The second-order valence-corrected chi connectivity index (χ2v) is 6.08. The van der Waals surface area contributed by atoms with Gasteiger partial charge in [0.15, 0.2) is 0 Å². The van der Waals surface area contributed by atoms with E-state index in [9.17, 15) is 0 Å². The summed E-state index contributed by atoms with van der Waals surface area (Å²) in [5.41, 5.74) is 9.59. The molecule has 1 unspecified atom stereocenters. The summed E-state index contributed by atoms with van der Waals surface area (Å²) in [4.78, 5) is 5.81. The molecule has 0 bridgehead atoms. The molecule has 2 N–H and O–H groups in total. The molecule has 0 aliphatic heterocycles. The molecule has 19 heavy (non-hydrogen) atoms. The number of nitrogens with two attached hydrogens (primary N) is 1. The van der Waals surface area contributed by atoms with E-state index in [-0.39, 0.29) is 6.04 Å². The summed E-state index contributed by atoms with van der Waals surface area (Å²) < 4.78 is 5.34. The maximum atomic E-state index is 6.27. The van der Waals surface area contributed by atoms with Crippen LogP contribution in [0.5, 0.6) is 5.75 Å². The van der Waals surface area contributed by atoms with Gasteiger partial charge >= 0.3 is 0 Å². The summed E-state index contributed by atoms with van der Waals surface area (Å²) >= 11 is 1.73. The van der Waals surface area contributed by atoms with E-state index in [0.29, 0.717) is 0 Å². The van der Waals surface area contributed by atoms with Crippen molar-refractivity contribution >= 4 is 11.3 Å². The first-order valence-electron chi connectivity index (χ1n) is 6.34. The number of methoxy groups -OCH3 is 1. The highest BCUT2D eigenvalue weighted by atomic mass is 32.1. The Bertz CT molecular complexity index is 558. The molecule has 0 saturated heterocycles. The largest absolute Gasteiger partial charge is 0.496 e. The molecule has 2 aromatic rings. The predicted octanol–water partition coefficient (Wildman–Crippen LogP) is 3.32. The van der Waals surface area contributed by atoms with Crippen LogP contribution >= 0.6 is 11.3 Å². The molecule has 0 saturated carbocycles. The molecule has 0 aliphatic carbocycles. The zero-order valence-electron chi connectivity index (χ0n) is 11.9. The second-order valence-electron chi connectivity index (χ2n) is 4.79. The highest BCUT2D eigenvalue weighted by Crippen LogP contribution is 2.26. The van der Waals surface area contributed by atoms with Crippen LogP contribution < -0.4 is 10.5 Å². The fourth-order valence-corrected chi connectivity index (χ4v) is 2.99. The van der Waals surface area contributed by atoms with Crippen LogP contribution in [0.2, 0.25) is 0 Å². The first kappa shape index (κ1) is 14.0. The topological polar surface area (TPSA) is 48.1 Å². The van der Waals surface area contributed by atoms with Gasteiger partial charge in [0, 0.05) is 17.3 Å². The summed E-state index contributed by atoms with van der Waals surface area (Å²) in [6.45, 7) is 6.16. The van der Waals surface area contributed by atoms with Crippen molar-refractivity contribution in [2.75, 3.05) is 7.11 Å². The molecule has 1 aromatic heterocycles. The van der Waals surface area contributed by atoms with Crippen LogP contribution in [0.4, 0.5) is 0 Å². The zero-order chi connectivity index (χ0) is 14.0. The predicted molar refractivity (Wildman–Crippen MR) is 80.0 cm³/mol. The van der Waals surface area contributed by atoms with E-state index in [1.807, 2.05) is 26.0 Å². The Morgan fingerprint density at radius 1 is 1.32 bits per heavy atom. The molecule has 0 radical (unpaired) electrons. The van der Waals surface area contributed by atoms with E-state index < -0.39 is 0 Å². The zero-order valence-corrected chi connectivity index (χ0v) is 12.7. The minimum absolute atomic E-state index is 0.0422. The molecule has 1 aromatic carbocycles. The molecule has 1 heterocycles. The number of nitrogens with zero attached hydrogens (tertiary/aromatic N) is 1. The van der Waals surface area contributed by atoms with Crippen LogP contribution in [0.15, 0.2) is 18.2 Å². The number of aromatic nitrogens is 1. The van der Waals surface area contributed by atoms with Gasteiger partial charge in [-0.05, 0) is 38.0 Å². The van der Waals surface area contributed by atoms with Crippen LogP contribution in [0.1, 0.15) is 32.7 Å². The minimum Gasteiger partial charge on any atom is -0.496 e. The van der Waals surface area contributed by atoms with Crippen LogP contribution in [0, 0.1) is 20.8 Å². The minimum atomic E-state index is -0.0422. The van der Waals surface area contributed by atoms with Crippen molar-refractivity contribution in [3.63, 3.8) is 0 Å². The highest BCUT2D eigenvalue weighted by Gasteiger charge is 2.12. The maximum absolute atomic E-state index is 6.27. The summed E-state index contributed by atoms with van der Waals surface area (Å²) in [5, 5.41) is 1.10. The Hall–Kier alpha value is -1.39. The van der Waals surface area contributed by atoms with E-state index in [2.05, 4.69) is 18.0 Å². The van der Waals surface area contributed by atoms with Crippen molar-refractivity contribution in [1.29, 1.82) is 0 Å². The summed E-state index contributed by atoms with van der Waals surface area (Å²) in [5.74, 6) is 0.888. The monoisotopic (exact) mass is 276 g/mol. The molecule has 2 rings (SSSR count). The maximum Gasteiger partial charge on any atom is 0.122 e. The van der Waals surface area contributed by atoms with Crippen LogP contribution in [-0.4, -0.2) is 12.1 Å². The van der Waals surface area contributed by atoms with Gasteiger partial charge in [-0.15, -0.1) is 11.3 Å². The average molecular weight is 276 g/mol. The van der Waals surface area contributed by atoms with Crippen molar-refractivity contribution in [2.45, 2.75) is 33.2 Å². The van der Waals surface area contributed by atoms with Crippen LogP contribution in [0.3, 0.4) is 0 Å². The normalized spacial score (nSPS) is 12.5. The Balaban J connectivity index is 2.17. The third-order valence-electron chi connectivity index (χ3n) is 3.33. The van der Waals surface area contributed by atoms with E-state index in [0.717, 1.165) is 34.0 Å². The van der Waals surface area contributed by atoms with Crippen LogP contribution in [0.25, 0.3) is 0 Å². The van der Waals surface area contributed by atoms with Gasteiger partial charge in [-0.1, -0.05) is 12.1 Å². The van der Waals surface area contributed by atoms with Crippen molar-refractivity contribution in [1.82, 2.24) is 4.98 Å². The number of hydrogen-bond donors (Lipinski definition) is 1. The van der Waals surface area contributed by atoms with Gasteiger partial charge in [-0.3, -0.25) is 0 Å². The number of rotatable bonds is 4. The van der Waals surface area contributed by atoms with Crippen molar-refractivity contribution in [2.24, 2.45) is 5.73 Å². The third kappa shape index (κ3) is 3.14. The standard InChI is InChI=1S/C15H20N2OS/c1-9-5-6-12(7-14(9)18-4)13(16)8-15-17-10(2)11(3)19-15/h5-7,13H,8,16H2,1-4H3. The molecule has 0 amide bonds. The number of hydrogen-bond acceptors (Lipinski definition) is 4. The molecule has 0 fully saturated rings. The smallest absolute Gasteiger partial charge is 0.122 e. The van der Waals surface area contributed by atoms with Gasteiger partial charge in [0.1, 0.15) is 5.75 Å². The Morgan fingerprint density at radius 2 is 2.05 bits per heavy atom. The molecule has 0 aliphatic rings. The molecule has 0 spiro atoms. The molecule has 102 valence electrons. The van der Waals surface area contributed by atoms with Gasteiger partial charge in [0.2, 0.25) is 0 Å². The van der Waals surface area contributed by atoms with Gasteiger partial charge in [0.25, 0.3) is 0 Å². The first-order chi connectivity index (χ1) is 9.01. The summed E-state index contributed by atoms with van der Waals surface area (Å²) in [6, 6.07) is 6.09. The van der Waals surface area contributed by atoms with Gasteiger partial charge in [-0.2, -0.15) is 0 Å². The quantitative estimate of drug-likeness (QED) is 0.932. The average Bonchev–Trinajstić information content (AvgIpc) is 2.68. The summed E-state index contributed by atoms with van der Waals surface area (Å²) in [7, 11) is 1.69. The van der Waals surface area contributed by atoms with E-state index in [1.165, 1.54) is 4.88 Å². The molecular formula is C15H20N2OS. The van der Waals surface area contributed by atoms with E-state index in [1.54, 1.807) is 18.4 Å². The number of aryl methyl sites for hydroxylation is 3. The van der Waals surface area contributed by atoms with Gasteiger partial charge in [-0.25, -0.2) is 4.98 Å². The Labute approximate surface area is 118 Å². The number of ether oxygens (including phenoxy) is 1. The van der Waals surface area contributed by atoms with Gasteiger partial charge in [0.05, 0.1) is 17.8 Å². The van der Waals surface area contributed by atoms with E-state index >= 15 is 0 Å². The lowest BCUT2D eigenvalue weighted by Crippen LogP contribution is -2.13. The highest BCUT2D eigenvalue weighted by molar-refractivity contribution is 7.11.